The van der Waals surface area contributed by atoms with Crippen LogP contribution >= 0.6 is 0 Å². The second-order valence-electron chi connectivity index (χ2n) is 5.77. The lowest BCUT2D eigenvalue weighted by atomic mass is 9.87. The third kappa shape index (κ3) is 2.00. The summed E-state index contributed by atoms with van der Waals surface area (Å²) in [4.78, 5) is 4.59. The lowest BCUT2D eigenvalue weighted by Crippen LogP contribution is -2.10. The molecule has 0 spiro atoms. The third-order valence-corrected chi connectivity index (χ3v) is 4.42. The fourth-order valence-electron chi connectivity index (χ4n) is 3.25. The van der Waals surface area contributed by atoms with Gasteiger partial charge in [0, 0.05) is 16.8 Å². The molecule has 7 nitrogen and oxygen atoms in total. The van der Waals surface area contributed by atoms with Crippen LogP contribution < -0.4 is 9.47 Å². The molecule has 1 N–H and O–H groups in total. The van der Waals surface area contributed by atoms with Gasteiger partial charge in [0.1, 0.15) is 0 Å². The van der Waals surface area contributed by atoms with E-state index < -0.39 is 0 Å². The minimum atomic E-state index is 0.118. The number of H-pyrrole nitrogens is 1. The van der Waals surface area contributed by atoms with Crippen LogP contribution in [0.1, 0.15) is 35.9 Å². The van der Waals surface area contributed by atoms with Crippen LogP contribution in [0.25, 0.3) is 11.4 Å². The van der Waals surface area contributed by atoms with Crippen LogP contribution in [0.15, 0.2) is 28.9 Å². The largest absolute Gasteiger partial charge is 0.454 e. The van der Waals surface area contributed by atoms with Gasteiger partial charge in [0.05, 0.1) is 12.1 Å². The summed E-state index contributed by atoms with van der Waals surface area (Å²) in [7, 11) is 0. The first-order valence-corrected chi connectivity index (χ1v) is 7.64. The van der Waals surface area contributed by atoms with E-state index in [0.29, 0.717) is 17.5 Å². The van der Waals surface area contributed by atoms with Crippen LogP contribution in [-0.4, -0.2) is 27.1 Å². The fourth-order valence-corrected chi connectivity index (χ4v) is 3.25. The highest BCUT2D eigenvalue weighted by atomic mass is 16.7. The van der Waals surface area contributed by atoms with Crippen molar-refractivity contribution in [2.45, 2.75) is 25.2 Å². The maximum atomic E-state index is 5.53. The monoisotopic (exact) mass is 310 g/mol. The minimum Gasteiger partial charge on any atom is -0.454 e. The first-order chi connectivity index (χ1) is 11.4. The molecule has 3 heterocycles. The van der Waals surface area contributed by atoms with E-state index >= 15 is 0 Å². The molecule has 1 aliphatic carbocycles. The molecule has 5 rings (SSSR count). The minimum absolute atomic E-state index is 0.118. The Kier molecular flexibility index (Phi) is 2.67. The van der Waals surface area contributed by atoms with Gasteiger partial charge in [-0.3, -0.25) is 5.10 Å². The third-order valence-electron chi connectivity index (χ3n) is 4.42. The van der Waals surface area contributed by atoms with Gasteiger partial charge < -0.3 is 14.0 Å². The van der Waals surface area contributed by atoms with Gasteiger partial charge in [-0.2, -0.15) is 10.1 Å². The summed E-state index contributed by atoms with van der Waals surface area (Å²) in [6.45, 7) is 0.252. The van der Waals surface area contributed by atoms with E-state index in [1.54, 1.807) is 0 Å². The number of nitrogens with zero attached hydrogens (tertiary/aromatic N) is 3. The van der Waals surface area contributed by atoms with E-state index in [1.165, 1.54) is 5.69 Å². The Balaban J connectivity index is 1.50. The fraction of sp³-hybridized carbons (Fsp3) is 0.312. The van der Waals surface area contributed by atoms with Crippen molar-refractivity contribution in [2.24, 2.45) is 0 Å². The molecule has 0 bridgehead atoms. The smallest absolute Gasteiger partial charge is 0.234 e. The number of aromatic amines is 1. The van der Waals surface area contributed by atoms with Crippen molar-refractivity contribution in [1.82, 2.24) is 20.3 Å². The van der Waals surface area contributed by atoms with Gasteiger partial charge in [0.2, 0.25) is 18.5 Å². The zero-order valence-electron chi connectivity index (χ0n) is 12.3. The van der Waals surface area contributed by atoms with E-state index in [2.05, 4.69) is 20.3 Å². The van der Waals surface area contributed by atoms with Crippen LogP contribution in [0.5, 0.6) is 11.5 Å². The summed E-state index contributed by atoms with van der Waals surface area (Å²) >= 11 is 0. The summed E-state index contributed by atoms with van der Waals surface area (Å²) in [5.41, 5.74) is 3.19. The summed E-state index contributed by atoms with van der Waals surface area (Å²) in [5.74, 6) is 2.78. The van der Waals surface area contributed by atoms with E-state index in [0.717, 1.165) is 36.1 Å². The predicted molar refractivity (Wildman–Crippen MR) is 79.2 cm³/mol. The predicted octanol–water partition coefficient (Wildman–Crippen LogP) is 2.66. The Morgan fingerprint density at radius 2 is 2.13 bits per heavy atom. The molecule has 23 heavy (non-hydrogen) atoms. The van der Waals surface area contributed by atoms with Gasteiger partial charge in [-0.05, 0) is 37.5 Å². The van der Waals surface area contributed by atoms with Gasteiger partial charge in [0.25, 0.3) is 0 Å². The van der Waals surface area contributed by atoms with Crippen LogP contribution in [0.4, 0.5) is 0 Å². The zero-order chi connectivity index (χ0) is 15.2. The second-order valence-corrected chi connectivity index (χ2v) is 5.77. The average Bonchev–Trinajstić information content (AvgIpc) is 3.32. The van der Waals surface area contributed by atoms with E-state index in [9.17, 15) is 0 Å². The molecule has 1 aromatic carbocycles. The molecule has 0 amide bonds. The molecule has 0 unspecified atom stereocenters. The number of fused-ring (bicyclic) bond motifs is 2. The van der Waals surface area contributed by atoms with Crippen molar-refractivity contribution in [3.63, 3.8) is 0 Å². The van der Waals surface area contributed by atoms with Gasteiger partial charge in [-0.1, -0.05) is 5.16 Å². The standard InChI is InChI=1S/C16H14N4O3/c1-2-10(11-7-17-19-12(11)3-1)16-18-15(20-23-16)9-4-5-13-14(6-9)22-8-21-13/h4-7,10H,1-3,8H2,(H,17,19)/t10-/m1/s1. The summed E-state index contributed by atoms with van der Waals surface area (Å²) in [6, 6.07) is 5.65. The number of ether oxygens (including phenoxy) is 2. The molecular formula is C16H14N4O3. The number of hydrogen-bond acceptors (Lipinski definition) is 6. The SMILES string of the molecule is c1cc2c(cc1-c1noc([C@@H]3CCCc4[nH]ncc43)n1)OCO2. The average molecular weight is 310 g/mol. The van der Waals surface area contributed by atoms with Gasteiger partial charge >= 0.3 is 0 Å². The number of benzene rings is 1. The Morgan fingerprint density at radius 3 is 3.13 bits per heavy atom. The normalized spacial score (nSPS) is 18.9. The quantitative estimate of drug-likeness (QED) is 0.783. The molecule has 7 heteroatoms. The molecule has 0 radical (unpaired) electrons. The molecule has 2 aliphatic rings. The summed E-state index contributed by atoms with van der Waals surface area (Å²) in [5, 5.41) is 11.3. The van der Waals surface area contributed by atoms with E-state index in [-0.39, 0.29) is 12.7 Å². The Labute approximate surface area is 131 Å². The van der Waals surface area contributed by atoms with Gasteiger partial charge in [0.15, 0.2) is 11.5 Å². The van der Waals surface area contributed by atoms with Crippen molar-refractivity contribution in [3.8, 4) is 22.9 Å². The second kappa shape index (κ2) is 4.84. The lowest BCUT2D eigenvalue weighted by molar-refractivity contribution is 0.174. The molecule has 1 aliphatic heterocycles. The number of aromatic nitrogens is 4. The highest BCUT2D eigenvalue weighted by Gasteiger charge is 2.28. The summed E-state index contributed by atoms with van der Waals surface area (Å²) in [6.07, 6.45) is 4.97. The Hall–Kier alpha value is -2.83. The molecule has 0 saturated heterocycles. The first-order valence-electron chi connectivity index (χ1n) is 7.64. The highest BCUT2D eigenvalue weighted by Crippen LogP contribution is 2.37. The van der Waals surface area contributed by atoms with Crippen molar-refractivity contribution < 1.29 is 14.0 Å². The topological polar surface area (TPSA) is 86.1 Å². The molecule has 3 aromatic rings. The molecule has 0 fully saturated rings. The van der Waals surface area contributed by atoms with Crippen LogP contribution in [0, 0.1) is 0 Å². The van der Waals surface area contributed by atoms with Crippen LogP contribution in [0.3, 0.4) is 0 Å². The Bertz CT molecular complexity index is 870. The number of aryl methyl sites for hydroxylation is 1. The number of rotatable bonds is 2. The Morgan fingerprint density at radius 1 is 1.17 bits per heavy atom. The molecule has 1 atom stereocenters. The molecule has 2 aromatic heterocycles. The van der Waals surface area contributed by atoms with Crippen molar-refractivity contribution in [1.29, 1.82) is 0 Å². The van der Waals surface area contributed by atoms with Gasteiger partial charge in [-0.15, -0.1) is 0 Å². The van der Waals surface area contributed by atoms with E-state index in [4.69, 9.17) is 14.0 Å². The van der Waals surface area contributed by atoms with Crippen LogP contribution in [-0.2, 0) is 6.42 Å². The molecular weight excluding hydrogens is 296 g/mol. The molecule has 0 saturated carbocycles. The maximum absolute atomic E-state index is 5.53. The van der Waals surface area contributed by atoms with Gasteiger partial charge in [-0.25, -0.2) is 0 Å². The number of nitrogens with one attached hydrogen (secondary N) is 1. The summed E-state index contributed by atoms with van der Waals surface area (Å²) < 4.78 is 16.3. The van der Waals surface area contributed by atoms with Crippen molar-refractivity contribution in [3.05, 3.63) is 41.5 Å². The lowest BCUT2D eigenvalue weighted by Gasteiger charge is -2.17. The van der Waals surface area contributed by atoms with E-state index in [1.807, 2.05) is 24.4 Å². The highest BCUT2D eigenvalue weighted by molar-refractivity contribution is 5.61. The van der Waals surface area contributed by atoms with Crippen LogP contribution in [0.2, 0.25) is 0 Å². The maximum Gasteiger partial charge on any atom is 0.234 e. The first kappa shape index (κ1) is 12.7. The molecule has 116 valence electrons. The van der Waals surface area contributed by atoms with Crippen molar-refractivity contribution >= 4 is 0 Å². The zero-order valence-corrected chi connectivity index (χ0v) is 12.3. The number of hydrogen-bond donors (Lipinski definition) is 1. The van der Waals surface area contributed by atoms with Crippen molar-refractivity contribution in [2.75, 3.05) is 6.79 Å².